The normalized spacial score (nSPS) is 11.0. The molecule has 0 spiro atoms. The van der Waals surface area contributed by atoms with Gasteiger partial charge < -0.3 is 11.1 Å². The highest BCUT2D eigenvalue weighted by molar-refractivity contribution is 6.32. The maximum Gasteiger partial charge on any atom is 0.326 e. The minimum atomic E-state index is -0.270. The summed E-state index contributed by atoms with van der Waals surface area (Å²) in [7, 11) is 0. The highest BCUT2D eigenvalue weighted by Crippen LogP contribution is 2.35. The number of benzene rings is 2. The molecule has 0 atom stereocenters. The average Bonchev–Trinajstić information content (AvgIpc) is 2.79. The highest BCUT2D eigenvalue weighted by Gasteiger charge is 2.21. The van der Waals surface area contributed by atoms with Gasteiger partial charge in [-0.2, -0.15) is 0 Å². The third-order valence-corrected chi connectivity index (χ3v) is 6.27. The van der Waals surface area contributed by atoms with Gasteiger partial charge in [-0.05, 0) is 65.3 Å². The molecule has 0 unspecified atom stereocenters. The number of carbonyl (C=O) groups is 1. The summed E-state index contributed by atoms with van der Waals surface area (Å²) < 4.78 is 0. The van der Waals surface area contributed by atoms with Gasteiger partial charge in [-0.25, -0.2) is 9.78 Å². The Labute approximate surface area is 205 Å². The first-order valence-electron chi connectivity index (χ1n) is 11.1. The van der Waals surface area contributed by atoms with Gasteiger partial charge in [-0.1, -0.05) is 69.1 Å². The van der Waals surface area contributed by atoms with Gasteiger partial charge in [0.2, 0.25) is 0 Å². The van der Waals surface area contributed by atoms with Crippen LogP contribution >= 0.6 is 23.2 Å². The van der Waals surface area contributed by atoms with Crippen LogP contribution in [-0.4, -0.2) is 11.0 Å². The molecule has 1 heterocycles. The van der Waals surface area contributed by atoms with Gasteiger partial charge in [0.05, 0.1) is 12.2 Å². The Morgan fingerprint density at radius 2 is 1.73 bits per heavy atom. The number of anilines is 3. The number of carbonyl (C=O) groups excluding carboxylic acids is 1. The standard InChI is InChI=1S/C26H30Cl2N4O/c1-5-20-22(27)13-23(29)21(6-2)25(20)31-26(33)32(15-17-7-12-24(28)30-14-17)19-10-8-18(9-11-19)16(3)4/h7-14,16H,5-6,15,29H2,1-4H3,(H,31,33). The lowest BCUT2D eigenvalue weighted by molar-refractivity contribution is 0.256. The molecule has 0 aliphatic carbocycles. The third kappa shape index (κ3) is 5.79. The summed E-state index contributed by atoms with van der Waals surface area (Å²) in [5.41, 5.74) is 12.1. The molecule has 174 valence electrons. The fraction of sp³-hybridized carbons (Fsp3) is 0.308. The number of halogens is 2. The van der Waals surface area contributed by atoms with Crippen LogP contribution in [0.25, 0.3) is 0 Å². The zero-order chi connectivity index (χ0) is 24.1. The second-order valence-electron chi connectivity index (χ2n) is 8.24. The Hall–Kier alpha value is -2.76. The van der Waals surface area contributed by atoms with Crippen molar-refractivity contribution in [2.75, 3.05) is 16.0 Å². The summed E-state index contributed by atoms with van der Waals surface area (Å²) in [6, 6.07) is 13.1. The third-order valence-electron chi connectivity index (χ3n) is 5.71. The number of amides is 2. The number of nitrogens with one attached hydrogen (secondary N) is 1. The fourth-order valence-electron chi connectivity index (χ4n) is 3.81. The van der Waals surface area contributed by atoms with Crippen LogP contribution in [-0.2, 0) is 19.4 Å². The molecule has 1 aromatic heterocycles. The van der Waals surface area contributed by atoms with Crippen molar-refractivity contribution in [3.05, 3.63) is 81.1 Å². The average molecular weight is 485 g/mol. The zero-order valence-electron chi connectivity index (χ0n) is 19.5. The molecule has 7 heteroatoms. The molecule has 2 aromatic carbocycles. The largest absolute Gasteiger partial charge is 0.398 e. The summed E-state index contributed by atoms with van der Waals surface area (Å²) in [6.07, 6.45) is 3.03. The number of pyridine rings is 1. The molecular weight excluding hydrogens is 455 g/mol. The van der Waals surface area contributed by atoms with E-state index < -0.39 is 0 Å². The summed E-state index contributed by atoms with van der Waals surface area (Å²) in [5.74, 6) is 0.399. The maximum atomic E-state index is 13.6. The van der Waals surface area contributed by atoms with Crippen molar-refractivity contribution in [1.29, 1.82) is 0 Å². The van der Waals surface area contributed by atoms with E-state index in [0.717, 1.165) is 22.4 Å². The molecule has 3 rings (SSSR count). The van der Waals surface area contributed by atoms with Crippen molar-refractivity contribution in [1.82, 2.24) is 4.98 Å². The van der Waals surface area contributed by atoms with E-state index in [1.807, 2.05) is 44.2 Å². The molecule has 0 fully saturated rings. The van der Waals surface area contributed by atoms with Gasteiger partial charge in [-0.15, -0.1) is 0 Å². The van der Waals surface area contributed by atoms with E-state index in [4.69, 9.17) is 28.9 Å². The van der Waals surface area contributed by atoms with Gasteiger partial charge >= 0.3 is 6.03 Å². The summed E-state index contributed by atoms with van der Waals surface area (Å²) in [6.45, 7) is 8.63. The molecule has 0 bridgehead atoms. The number of nitrogens with zero attached hydrogens (tertiary/aromatic N) is 2. The van der Waals surface area contributed by atoms with Crippen LogP contribution in [0, 0.1) is 0 Å². The summed E-state index contributed by atoms with van der Waals surface area (Å²) in [4.78, 5) is 19.5. The molecule has 0 saturated heterocycles. The molecule has 3 aromatic rings. The number of nitrogen functional groups attached to an aromatic ring is 1. The van der Waals surface area contributed by atoms with E-state index in [1.165, 1.54) is 5.56 Å². The molecule has 2 amide bonds. The van der Waals surface area contributed by atoms with Gasteiger partial charge in [0.25, 0.3) is 0 Å². The van der Waals surface area contributed by atoms with Crippen molar-refractivity contribution in [2.45, 2.75) is 53.0 Å². The van der Waals surface area contributed by atoms with Gasteiger partial charge in [0, 0.05) is 22.6 Å². The molecule has 33 heavy (non-hydrogen) atoms. The van der Waals surface area contributed by atoms with Crippen molar-refractivity contribution in [3.63, 3.8) is 0 Å². The number of hydrogen-bond donors (Lipinski definition) is 2. The lowest BCUT2D eigenvalue weighted by Crippen LogP contribution is -2.35. The second-order valence-corrected chi connectivity index (χ2v) is 9.03. The van der Waals surface area contributed by atoms with E-state index >= 15 is 0 Å². The number of urea groups is 1. The Bertz CT molecular complexity index is 1080. The van der Waals surface area contributed by atoms with Gasteiger partial charge in [-0.3, -0.25) is 4.90 Å². The van der Waals surface area contributed by atoms with Crippen molar-refractivity contribution in [2.24, 2.45) is 0 Å². The second kappa shape index (κ2) is 10.9. The highest BCUT2D eigenvalue weighted by atomic mass is 35.5. The Balaban J connectivity index is 2.01. The van der Waals surface area contributed by atoms with Gasteiger partial charge in [0.15, 0.2) is 0 Å². The fourth-order valence-corrected chi connectivity index (χ4v) is 4.27. The molecule has 5 nitrogen and oxygen atoms in total. The summed E-state index contributed by atoms with van der Waals surface area (Å²) in [5, 5.41) is 4.07. The zero-order valence-corrected chi connectivity index (χ0v) is 21.0. The summed E-state index contributed by atoms with van der Waals surface area (Å²) >= 11 is 12.4. The first-order chi connectivity index (χ1) is 15.7. The molecule has 0 aliphatic rings. The monoisotopic (exact) mass is 484 g/mol. The Morgan fingerprint density at radius 3 is 2.27 bits per heavy atom. The Morgan fingerprint density at radius 1 is 1.06 bits per heavy atom. The van der Waals surface area contributed by atoms with Crippen molar-refractivity contribution in [3.8, 4) is 0 Å². The Kier molecular flexibility index (Phi) is 8.22. The van der Waals surface area contributed by atoms with E-state index in [2.05, 4.69) is 24.1 Å². The van der Waals surface area contributed by atoms with E-state index in [1.54, 1.807) is 23.2 Å². The molecule has 0 radical (unpaired) electrons. The number of hydrogen-bond acceptors (Lipinski definition) is 3. The predicted molar refractivity (Wildman–Crippen MR) is 140 cm³/mol. The quantitative estimate of drug-likeness (QED) is 0.270. The minimum absolute atomic E-state index is 0.270. The molecule has 3 N–H and O–H groups in total. The molecule has 0 aliphatic heterocycles. The van der Waals surface area contributed by atoms with Crippen LogP contribution in [0.3, 0.4) is 0 Å². The predicted octanol–water partition coefficient (Wildman–Crippen LogP) is 7.46. The smallest absolute Gasteiger partial charge is 0.326 e. The van der Waals surface area contributed by atoms with Crippen LogP contribution in [0.1, 0.15) is 55.9 Å². The maximum absolute atomic E-state index is 13.6. The van der Waals surface area contributed by atoms with Crippen LogP contribution in [0.15, 0.2) is 48.7 Å². The lowest BCUT2D eigenvalue weighted by atomic mass is 10.0. The SMILES string of the molecule is CCc1c(N)cc(Cl)c(CC)c1NC(=O)N(Cc1ccc(Cl)nc1)c1ccc(C(C)C)cc1. The lowest BCUT2D eigenvalue weighted by Gasteiger charge is -2.26. The number of nitrogens with two attached hydrogens (primary N) is 1. The van der Waals surface area contributed by atoms with Gasteiger partial charge in [0.1, 0.15) is 5.15 Å². The number of rotatable bonds is 7. The molecule has 0 saturated carbocycles. The van der Waals surface area contributed by atoms with Crippen LogP contribution in [0.5, 0.6) is 0 Å². The van der Waals surface area contributed by atoms with Crippen LogP contribution in [0.4, 0.5) is 21.9 Å². The van der Waals surface area contributed by atoms with E-state index in [9.17, 15) is 4.79 Å². The van der Waals surface area contributed by atoms with Crippen molar-refractivity contribution >= 4 is 46.3 Å². The topological polar surface area (TPSA) is 71.2 Å². The van der Waals surface area contributed by atoms with Crippen molar-refractivity contribution < 1.29 is 4.79 Å². The van der Waals surface area contributed by atoms with Crippen LogP contribution < -0.4 is 16.0 Å². The van der Waals surface area contributed by atoms with Crippen LogP contribution in [0.2, 0.25) is 10.2 Å². The first kappa shape index (κ1) is 24.9. The minimum Gasteiger partial charge on any atom is -0.398 e. The first-order valence-corrected chi connectivity index (χ1v) is 11.9. The van der Waals surface area contributed by atoms with E-state index in [0.29, 0.717) is 46.9 Å². The number of aromatic nitrogens is 1. The van der Waals surface area contributed by atoms with E-state index in [-0.39, 0.29) is 6.03 Å². The molecular formula is C26H30Cl2N4O.